The van der Waals surface area contributed by atoms with E-state index in [2.05, 4.69) is 30.9 Å². The van der Waals surface area contributed by atoms with Crippen LogP contribution < -0.4 is 15.6 Å². The maximum atomic E-state index is 14.4. The molecule has 0 bridgehead atoms. The summed E-state index contributed by atoms with van der Waals surface area (Å²) >= 11 is 0. The molecule has 0 aliphatic carbocycles. The SMILES string of the molecule is [N-]=[N+]=Nc1ccccc1C[C@]1(C(=O)NNCc2cc(F)ccc2F)N=C(c2ccc(OCCCO)cc2)O[C@H]1c1ccccc1N=[N+]=[N-]. The van der Waals surface area contributed by atoms with Crippen molar-refractivity contribution in [3.8, 4) is 5.75 Å². The molecule has 0 unspecified atom stereocenters. The Labute approximate surface area is 273 Å². The Hall–Kier alpha value is -5.98. The van der Waals surface area contributed by atoms with Crippen LogP contribution in [0.1, 0.15) is 34.8 Å². The minimum atomic E-state index is -1.83. The zero-order valence-electron chi connectivity index (χ0n) is 25.3. The Kier molecular flexibility index (Phi) is 10.8. The summed E-state index contributed by atoms with van der Waals surface area (Å²) in [6, 6.07) is 22.9. The number of halogens is 2. The van der Waals surface area contributed by atoms with Gasteiger partial charge >= 0.3 is 0 Å². The number of nitrogens with one attached hydrogen (secondary N) is 2. The van der Waals surface area contributed by atoms with Gasteiger partial charge in [0.25, 0.3) is 5.91 Å². The van der Waals surface area contributed by atoms with Gasteiger partial charge in [0, 0.05) is 63.9 Å². The van der Waals surface area contributed by atoms with Gasteiger partial charge in [0.2, 0.25) is 5.90 Å². The predicted molar refractivity (Wildman–Crippen MR) is 172 cm³/mol. The monoisotopic (exact) mass is 653 g/mol. The molecule has 4 aromatic rings. The average Bonchev–Trinajstić information content (AvgIpc) is 3.48. The van der Waals surface area contributed by atoms with E-state index >= 15 is 0 Å². The fourth-order valence-electron chi connectivity index (χ4n) is 5.21. The van der Waals surface area contributed by atoms with Gasteiger partial charge in [-0.25, -0.2) is 19.2 Å². The Morgan fingerprint density at radius 1 is 0.958 bits per heavy atom. The summed E-state index contributed by atoms with van der Waals surface area (Å²) in [5.74, 6) is -1.44. The van der Waals surface area contributed by atoms with Gasteiger partial charge in [-0.15, -0.1) is 0 Å². The molecule has 0 spiro atoms. The number of amides is 1. The number of hydrazine groups is 1. The summed E-state index contributed by atoms with van der Waals surface area (Å²) in [5.41, 5.74) is 23.7. The van der Waals surface area contributed by atoms with Crippen molar-refractivity contribution in [1.29, 1.82) is 0 Å². The molecular weight excluding hydrogens is 624 g/mol. The van der Waals surface area contributed by atoms with Crippen molar-refractivity contribution in [2.45, 2.75) is 31.0 Å². The second kappa shape index (κ2) is 15.5. The van der Waals surface area contributed by atoms with E-state index in [-0.39, 0.29) is 42.4 Å². The number of aliphatic hydroxyl groups excluding tert-OH is 1. The highest BCUT2D eigenvalue weighted by atomic mass is 19.1. The first-order valence-corrected chi connectivity index (χ1v) is 14.7. The van der Waals surface area contributed by atoms with Gasteiger partial charge in [0.1, 0.15) is 17.4 Å². The molecule has 244 valence electrons. The summed E-state index contributed by atoms with van der Waals surface area (Å²) in [5, 5.41) is 16.7. The van der Waals surface area contributed by atoms with Gasteiger partial charge in [-0.3, -0.25) is 10.2 Å². The molecule has 3 N–H and O–H groups in total. The number of aliphatic hydroxyl groups is 1. The lowest BCUT2D eigenvalue weighted by atomic mass is 9.81. The number of hydrogen-bond acceptors (Lipinski definition) is 8. The van der Waals surface area contributed by atoms with E-state index in [4.69, 9.17) is 19.6 Å². The van der Waals surface area contributed by atoms with Crippen LogP contribution in [0.5, 0.6) is 5.75 Å². The quantitative estimate of drug-likeness (QED) is 0.0436. The Morgan fingerprint density at radius 3 is 2.42 bits per heavy atom. The molecule has 0 saturated heterocycles. The molecule has 0 fully saturated rings. The minimum Gasteiger partial charge on any atom is -0.494 e. The van der Waals surface area contributed by atoms with Crippen LogP contribution in [-0.2, 0) is 22.5 Å². The van der Waals surface area contributed by atoms with E-state index in [1.54, 1.807) is 72.8 Å². The first-order valence-electron chi connectivity index (χ1n) is 14.7. The summed E-state index contributed by atoms with van der Waals surface area (Å²) in [7, 11) is 0. The van der Waals surface area contributed by atoms with Crippen LogP contribution in [0.2, 0.25) is 0 Å². The Balaban J connectivity index is 1.61. The third kappa shape index (κ3) is 7.52. The van der Waals surface area contributed by atoms with Crippen LogP contribution in [0.3, 0.4) is 0 Å². The van der Waals surface area contributed by atoms with Gasteiger partial charge < -0.3 is 14.6 Å². The molecule has 5 rings (SSSR count). The van der Waals surface area contributed by atoms with Crippen LogP contribution >= 0.6 is 0 Å². The third-order valence-electron chi connectivity index (χ3n) is 7.49. The van der Waals surface area contributed by atoms with Gasteiger partial charge in [-0.2, -0.15) is 0 Å². The standard InChI is InChI=1S/C33H29F2N9O4/c34-24-12-15-27(35)23(18-24)20-38-42-32(46)33(19-22-6-1-3-8-28(22)40-43-36)30(26-7-2-4-9-29(26)41-44-37)48-31(39-33)21-10-13-25(14-11-21)47-17-5-16-45/h1-4,6-15,18,30,38,45H,5,16-17,19-20H2,(H,42,46)/t30-,33-/m0/s1. The van der Waals surface area contributed by atoms with Crippen LogP contribution in [0, 0.1) is 11.6 Å². The van der Waals surface area contributed by atoms with Crippen molar-refractivity contribution >= 4 is 23.2 Å². The molecular formula is C33H29F2N9O4. The van der Waals surface area contributed by atoms with Crippen molar-refractivity contribution in [2.24, 2.45) is 15.2 Å². The highest BCUT2D eigenvalue weighted by Crippen LogP contribution is 2.46. The average molecular weight is 654 g/mol. The third-order valence-corrected chi connectivity index (χ3v) is 7.49. The Bertz CT molecular complexity index is 1910. The van der Waals surface area contributed by atoms with Gasteiger partial charge in [0.05, 0.1) is 6.61 Å². The number of nitrogens with zero attached hydrogens (tertiary/aromatic N) is 7. The first kappa shape index (κ1) is 33.4. The molecule has 1 heterocycles. The highest BCUT2D eigenvalue weighted by molar-refractivity contribution is 6.01. The van der Waals surface area contributed by atoms with Crippen molar-refractivity contribution in [2.75, 3.05) is 13.2 Å². The number of carbonyl (C=O) groups excluding carboxylic acids is 1. The minimum absolute atomic E-state index is 0.0135. The normalized spacial score (nSPS) is 16.6. The van der Waals surface area contributed by atoms with Crippen LogP contribution in [0.15, 0.2) is 106 Å². The zero-order valence-corrected chi connectivity index (χ0v) is 25.3. The lowest BCUT2D eigenvalue weighted by Crippen LogP contribution is -2.53. The number of carbonyl (C=O) groups is 1. The highest BCUT2D eigenvalue weighted by Gasteiger charge is 2.54. The molecule has 1 aliphatic rings. The zero-order chi connectivity index (χ0) is 33.9. The molecule has 4 aromatic carbocycles. The lowest BCUT2D eigenvalue weighted by molar-refractivity contribution is -0.130. The van der Waals surface area contributed by atoms with Gasteiger partial charge in [-0.05, 0) is 59.1 Å². The van der Waals surface area contributed by atoms with E-state index in [0.717, 1.165) is 18.2 Å². The molecule has 0 saturated carbocycles. The number of aliphatic imine (C=N–C) groups is 1. The number of benzene rings is 4. The molecule has 48 heavy (non-hydrogen) atoms. The first-order chi connectivity index (χ1) is 23.4. The van der Waals surface area contributed by atoms with Crippen molar-refractivity contribution in [1.82, 2.24) is 10.9 Å². The van der Waals surface area contributed by atoms with Crippen LogP contribution in [0.4, 0.5) is 20.2 Å². The topological polar surface area (TPSA) is 190 Å². The fourth-order valence-corrected chi connectivity index (χ4v) is 5.21. The summed E-state index contributed by atoms with van der Waals surface area (Å²) < 4.78 is 40.3. The van der Waals surface area contributed by atoms with Crippen molar-refractivity contribution in [3.63, 3.8) is 0 Å². The molecule has 15 heteroatoms. The number of ether oxygens (including phenoxy) is 2. The summed E-state index contributed by atoms with van der Waals surface area (Å²) in [6.07, 6.45) is -0.898. The Morgan fingerprint density at radius 2 is 1.67 bits per heavy atom. The fraction of sp³-hybridized carbons (Fsp3) is 0.212. The summed E-state index contributed by atoms with van der Waals surface area (Å²) in [6.45, 7) is 0.0300. The number of azide groups is 2. The molecule has 1 aliphatic heterocycles. The van der Waals surface area contributed by atoms with Gasteiger partial charge in [0.15, 0.2) is 11.6 Å². The van der Waals surface area contributed by atoms with Crippen molar-refractivity contribution < 1.29 is 28.2 Å². The maximum Gasteiger partial charge on any atom is 0.266 e. The van der Waals surface area contributed by atoms with Crippen LogP contribution in [0.25, 0.3) is 20.9 Å². The van der Waals surface area contributed by atoms with Crippen LogP contribution in [-0.4, -0.2) is 35.7 Å². The molecule has 2 atom stereocenters. The molecule has 1 amide bonds. The van der Waals surface area contributed by atoms with E-state index in [0.29, 0.717) is 35.5 Å². The number of rotatable bonds is 14. The molecule has 13 nitrogen and oxygen atoms in total. The van der Waals surface area contributed by atoms with Crippen molar-refractivity contribution in [3.05, 3.63) is 146 Å². The van der Waals surface area contributed by atoms with Gasteiger partial charge in [-0.1, -0.05) is 58.8 Å². The second-order valence-corrected chi connectivity index (χ2v) is 10.6. The second-order valence-electron chi connectivity index (χ2n) is 10.6. The molecule has 0 radical (unpaired) electrons. The number of hydrogen-bond donors (Lipinski definition) is 3. The molecule has 0 aromatic heterocycles. The van der Waals surface area contributed by atoms with E-state index in [1.807, 2.05) is 0 Å². The van der Waals surface area contributed by atoms with E-state index in [1.165, 1.54) is 0 Å². The maximum absolute atomic E-state index is 14.4. The smallest absolute Gasteiger partial charge is 0.266 e. The summed E-state index contributed by atoms with van der Waals surface area (Å²) in [4.78, 5) is 25.2. The lowest BCUT2D eigenvalue weighted by Gasteiger charge is -2.31. The predicted octanol–water partition coefficient (Wildman–Crippen LogP) is 6.93. The van der Waals surface area contributed by atoms with E-state index in [9.17, 15) is 24.6 Å². The van der Waals surface area contributed by atoms with E-state index < -0.39 is 29.2 Å². The largest absolute Gasteiger partial charge is 0.494 e.